The molecule has 0 atom stereocenters. The molecule has 0 saturated heterocycles. The number of esters is 1. The highest BCUT2D eigenvalue weighted by Crippen LogP contribution is 2.37. The van der Waals surface area contributed by atoms with Gasteiger partial charge in [-0.1, -0.05) is 19.3 Å². The molecule has 0 bridgehead atoms. The molecule has 2 aromatic rings. The van der Waals surface area contributed by atoms with Gasteiger partial charge in [0, 0.05) is 35.6 Å². The third-order valence-electron chi connectivity index (χ3n) is 5.69. The first kappa shape index (κ1) is 20.2. The van der Waals surface area contributed by atoms with E-state index in [-0.39, 0.29) is 11.9 Å². The number of methoxy groups -OCH3 is 2. The van der Waals surface area contributed by atoms with Crippen LogP contribution >= 0.6 is 0 Å². The highest BCUT2D eigenvalue weighted by Gasteiger charge is 2.25. The van der Waals surface area contributed by atoms with Crippen molar-refractivity contribution in [1.82, 2.24) is 9.88 Å². The van der Waals surface area contributed by atoms with E-state index >= 15 is 0 Å². The van der Waals surface area contributed by atoms with E-state index in [9.17, 15) is 9.59 Å². The summed E-state index contributed by atoms with van der Waals surface area (Å²) in [5.41, 5.74) is 2.79. The fraction of sp³-hybridized carbons (Fsp3) is 0.545. The smallest absolute Gasteiger partial charge is 0.305 e. The van der Waals surface area contributed by atoms with Crippen LogP contribution in [0.2, 0.25) is 0 Å². The molecule has 1 aromatic heterocycles. The number of carbonyl (C=O) groups excluding carboxylic acids is 2. The zero-order chi connectivity index (χ0) is 20.1. The summed E-state index contributed by atoms with van der Waals surface area (Å²) in [6, 6.07) is 6.40. The normalized spacial score (nSPS) is 14.8. The minimum atomic E-state index is -0.260. The average molecular weight is 386 g/mol. The van der Waals surface area contributed by atoms with Crippen LogP contribution in [0.5, 0.6) is 5.75 Å². The van der Waals surface area contributed by atoms with Crippen molar-refractivity contribution in [3.63, 3.8) is 0 Å². The Labute approximate surface area is 166 Å². The minimum absolute atomic E-state index is 0.102. The first-order valence-electron chi connectivity index (χ1n) is 10.1. The summed E-state index contributed by atoms with van der Waals surface area (Å²) in [5, 5.41) is 3.89. The number of nitrogens with zero attached hydrogens (tertiary/aromatic N) is 1. The molecule has 1 aliphatic carbocycles. The van der Waals surface area contributed by atoms with Crippen LogP contribution in [-0.2, 0) is 9.53 Å². The quantitative estimate of drug-likeness (QED) is 0.573. The summed E-state index contributed by atoms with van der Waals surface area (Å²) >= 11 is 0. The van der Waals surface area contributed by atoms with E-state index < -0.39 is 0 Å². The number of hydrogen-bond donors (Lipinski definition) is 1. The van der Waals surface area contributed by atoms with Crippen molar-refractivity contribution in [2.24, 2.45) is 0 Å². The highest BCUT2D eigenvalue weighted by molar-refractivity contribution is 6.08. The third kappa shape index (κ3) is 4.16. The van der Waals surface area contributed by atoms with Gasteiger partial charge in [-0.2, -0.15) is 0 Å². The van der Waals surface area contributed by atoms with Crippen molar-refractivity contribution in [1.29, 1.82) is 0 Å². The summed E-state index contributed by atoms with van der Waals surface area (Å²) in [6.45, 7) is 2.47. The van der Waals surface area contributed by atoms with Crippen LogP contribution in [0.25, 0.3) is 10.9 Å². The number of rotatable bonds is 7. The molecule has 28 heavy (non-hydrogen) atoms. The molecule has 1 saturated carbocycles. The number of carbonyl (C=O) groups is 2. The largest absolute Gasteiger partial charge is 0.497 e. The van der Waals surface area contributed by atoms with Crippen molar-refractivity contribution in [2.75, 3.05) is 20.8 Å². The number of fused-ring (bicyclic) bond motifs is 1. The Morgan fingerprint density at radius 2 is 1.93 bits per heavy atom. The van der Waals surface area contributed by atoms with Gasteiger partial charge >= 0.3 is 5.97 Å². The van der Waals surface area contributed by atoms with Crippen molar-refractivity contribution in [3.05, 3.63) is 29.5 Å². The third-order valence-corrected chi connectivity index (χ3v) is 5.69. The maximum atomic E-state index is 13.0. The predicted octanol–water partition coefficient (Wildman–Crippen LogP) is 4.15. The lowest BCUT2D eigenvalue weighted by molar-refractivity contribution is -0.140. The first-order chi connectivity index (χ1) is 13.6. The van der Waals surface area contributed by atoms with E-state index in [1.54, 1.807) is 7.11 Å². The van der Waals surface area contributed by atoms with E-state index in [1.807, 2.05) is 19.1 Å². The van der Waals surface area contributed by atoms with Crippen molar-refractivity contribution >= 4 is 22.8 Å². The van der Waals surface area contributed by atoms with E-state index in [0.29, 0.717) is 31.0 Å². The second kappa shape index (κ2) is 9.13. The molecule has 0 radical (unpaired) electrons. The van der Waals surface area contributed by atoms with Crippen molar-refractivity contribution < 1.29 is 19.1 Å². The Hall–Kier alpha value is -2.50. The fourth-order valence-corrected chi connectivity index (χ4v) is 4.27. The number of benzene rings is 1. The van der Waals surface area contributed by atoms with Gasteiger partial charge in [0.1, 0.15) is 5.75 Å². The molecule has 1 amide bonds. The summed E-state index contributed by atoms with van der Waals surface area (Å²) in [7, 11) is 3.01. The molecule has 0 spiro atoms. The lowest BCUT2D eigenvalue weighted by Crippen LogP contribution is -2.26. The van der Waals surface area contributed by atoms with Gasteiger partial charge in [0.25, 0.3) is 5.91 Å². The number of ether oxygens (including phenoxy) is 2. The topological polar surface area (TPSA) is 69.6 Å². The van der Waals surface area contributed by atoms with Crippen LogP contribution in [0.15, 0.2) is 18.2 Å². The summed E-state index contributed by atoms with van der Waals surface area (Å²) < 4.78 is 12.4. The molecule has 1 fully saturated rings. The van der Waals surface area contributed by atoms with E-state index in [0.717, 1.165) is 35.2 Å². The monoisotopic (exact) mass is 386 g/mol. The molecule has 6 heteroatoms. The Bertz CT molecular complexity index is 850. The molecular weight excluding hydrogens is 356 g/mol. The lowest BCUT2D eigenvalue weighted by atomic mass is 9.95. The van der Waals surface area contributed by atoms with Gasteiger partial charge in [-0.05, 0) is 44.4 Å². The summed E-state index contributed by atoms with van der Waals surface area (Å²) in [6.07, 6.45) is 6.91. The number of aromatic nitrogens is 1. The molecule has 0 unspecified atom stereocenters. The molecule has 152 valence electrons. The Morgan fingerprint density at radius 3 is 2.61 bits per heavy atom. The minimum Gasteiger partial charge on any atom is -0.497 e. The van der Waals surface area contributed by atoms with Gasteiger partial charge in [0.2, 0.25) is 0 Å². The fourth-order valence-electron chi connectivity index (χ4n) is 4.27. The molecule has 1 aliphatic rings. The predicted molar refractivity (Wildman–Crippen MR) is 109 cm³/mol. The van der Waals surface area contributed by atoms with Crippen LogP contribution in [-0.4, -0.2) is 37.2 Å². The summed E-state index contributed by atoms with van der Waals surface area (Å²) in [4.78, 5) is 24.3. The van der Waals surface area contributed by atoms with Crippen LogP contribution in [0.3, 0.4) is 0 Å². The van der Waals surface area contributed by atoms with Gasteiger partial charge < -0.3 is 19.4 Å². The van der Waals surface area contributed by atoms with E-state index in [1.165, 1.54) is 26.4 Å². The molecule has 6 nitrogen and oxygen atoms in total. The maximum Gasteiger partial charge on any atom is 0.305 e. The second-order valence-corrected chi connectivity index (χ2v) is 7.44. The second-order valence-electron chi connectivity index (χ2n) is 7.44. The number of nitrogens with one attached hydrogen (secondary N) is 1. The zero-order valence-electron chi connectivity index (χ0n) is 17.0. The van der Waals surface area contributed by atoms with Gasteiger partial charge in [-0.3, -0.25) is 9.59 Å². The number of amides is 1. The molecule has 1 N–H and O–H groups in total. The van der Waals surface area contributed by atoms with Crippen molar-refractivity contribution in [2.45, 2.75) is 57.9 Å². The standard InChI is InChI=1S/C22H30N2O4/c1-15-21(22(26)23-13-7-10-20(25)28-3)18-14-17(27-2)11-12-19(18)24(15)16-8-5-4-6-9-16/h11-12,14,16H,4-10,13H2,1-3H3,(H,23,26). The Balaban J connectivity index is 1.90. The number of hydrogen-bond acceptors (Lipinski definition) is 4. The highest BCUT2D eigenvalue weighted by atomic mass is 16.5. The molecule has 1 heterocycles. The van der Waals surface area contributed by atoms with Crippen molar-refractivity contribution in [3.8, 4) is 5.75 Å². The van der Waals surface area contributed by atoms with Gasteiger partial charge in [-0.25, -0.2) is 0 Å². The molecular formula is C22H30N2O4. The van der Waals surface area contributed by atoms with E-state index in [4.69, 9.17) is 4.74 Å². The SMILES string of the molecule is COC(=O)CCCNC(=O)c1c(C)n(C2CCCCC2)c2ccc(OC)cc12. The van der Waals surface area contributed by atoms with E-state index in [2.05, 4.69) is 20.7 Å². The molecule has 1 aromatic carbocycles. The van der Waals surface area contributed by atoms with Gasteiger partial charge in [-0.15, -0.1) is 0 Å². The summed E-state index contributed by atoms with van der Waals surface area (Å²) in [5.74, 6) is 0.382. The zero-order valence-corrected chi connectivity index (χ0v) is 17.0. The first-order valence-corrected chi connectivity index (χ1v) is 10.1. The Kier molecular flexibility index (Phi) is 6.60. The lowest BCUT2D eigenvalue weighted by Gasteiger charge is -2.26. The van der Waals surface area contributed by atoms with Crippen LogP contribution in [0, 0.1) is 6.92 Å². The molecule has 0 aliphatic heterocycles. The van der Waals surface area contributed by atoms with Gasteiger partial charge in [0.15, 0.2) is 0 Å². The Morgan fingerprint density at radius 1 is 1.18 bits per heavy atom. The molecule has 3 rings (SSSR count). The van der Waals surface area contributed by atoms with Crippen LogP contribution in [0.4, 0.5) is 0 Å². The van der Waals surface area contributed by atoms with Crippen LogP contribution < -0.4 is 10.1 Å². The van der Waals surface area contributed by atoms with Gasteiger partial charge in [0.05, 0.1) is 19.8 Å². The van der Waals surface area contributed by atoms with Crippen LogP contribution in [0.1, 0.15) is 67.0 Å². The average Bonchev–Trinajstić information content (AvgIpc) is 3.02. The maximum absolute atomic E-state index is 13.0.